The maximum Gasteiger partial charge on any atom is 0.433 e. The topological polar surface area (TPSA) is 75.9 Å². The Morgan fingerprint density at radius 2 is 1.83 bits per heavy atom. The summed E-state index contributed by atoms with van der Waals surface area (Å²) in [5.74, 6) is 0.712. The summed E-state index contributed by atoms with van der Waals surface area (Å²) in [6, 6.07) is 6.74. The number of thiazole rings is 1. The van der Waals surface area contributed by atoms with E-state index in [1.165, 1.54) is 7.05 Å². The number of alkyl halides is 3. The molecule has 1 N–H and O–H groups in total. The van der Waals surface area contributed by atoms with Gasteiger partial charge in [0.2, 0.25) is 5.88 Å². The van der Waals surface area contributed by atoms with Crippen molar-refractivity contribution in [1.82, 2.24) is 24.6 Å². The van der Waals surface area contributed by atoms with Gasteiger partial charge in [-0.15, -0.1) is 16.4 Å². The van der Waals surface area contributed by atoms with E-state index in [4.69, 9.17) is 9.47 Å². The van der Waals surface area contributed by atoms with E-state index in [0.717, 1.165) is 71.5 Å². The van der Waals surface area contributed by atoms with E-state index in [1.807, 2.05) is 25.1 Å². The average Bonchev–Trinajstić information content (AvgIpc) is 3.39. The Labute approximate surface area is 212 Å². The van der Waals surface area contributed by atoms with Gasteiger partial charge in [-0.2, -0.15) is 13.2 Å². The molecule has 8 nitrogen and oxygen atoms in total. The summed E-state index contributed by atoms with van der Waals surface area (Å²) >= 11 is 1.65. The molecule has 0 unspecified atom stereocenters. The number of halogens is 3. The minimum atomic E-state index is -4.44. The zero-order chi connectivity index (χ0) is 25.7. The Morgan fingerprint density at radius 3 is 2.56 bits per heavy atom. The summed E-state index contributed by atoms with van der Waals surface area (Å²) in [6.45, 7) is 7.54. The van der Waals surface area contributed by atoms with Gasteiger partial charge in [-0.1, -0.05) is 0 Å². The van der Waals surface area contributed by atoms with E-state index in [2.05, 4.69) is 19.9 Å². The number of hydrogen-bond acceptors (Lipinski definition) is 8. The molecular weight excluding hydrogens is 495 g/mol. The number of β-amino-alcohol motifs (C(OH)–C–C–N with tert-alkyl or cyclic N) is 1. The molecule has 12 heteroatoms. The molecule has 0 amide bonds. The van der Waals surface area contributed by atoms with Gasteiger partial charge >= 0.3 is 6.18 Å². The predicted octanol–water partition coefficient (Wildman–Crippen LogP) is 3.57. The normalized spacial score (nSPS) is 16.5. The lowest BCUT2D eigenvalue weighted by molar-refractivity contribution is -0.143. The van der Waals surface area contributed by atoms with Gasteiger partial charge in [0.1, 0.15) is 24.2 Å². The number of ether oxygens (including phenoxy) is 2. The van der Waals surface area contributed by atoms with Gasteiger partial charge < -0.3 is 19.5 Å². The summed E-state index contributed by atoms with van der Waals surface area (Å²) < 4.78 is 51.5. The molecule has 1 fully saturated rings. The molecule has 3 aromatic rings. The monoisotopic (exact) mass is 527 g/mol. The molecule has 1 aliphatic heterocycles. The Kier molecular flexibility index (Phi) is 8.70. The van der Waals surface area contributed by atoms with Crippen LogP contribution in [0.15, 0.2) is 24.3 Å². The van der Waals surface area contributed by atoms with Crippen LogP contribution in [0.25, 0.3) is 10.2 Å². The molecule has 198 valence electrons. The molecule has 1 saturated heterocycles. The molecular formula is C24H32F3N5O3S. The van der Waals surface area contributed by atoms with Crippen LogP contribution in [-0.2, 0) is 13.2 Å². The minimum absolute atomic E-state index is 0.000227. The average molecular weight is 528 g/mol. The van der Waals surface area contributed by atoms with Crippen LogP contribution in [0.3, 0.4) is 0 Å². The van der Waals surface area contributed by atoms with Gasteiger partial charge in [0.05, 0.1) is 21.8 Å². The summed E-state index contributed by atoms with van der Waals surface area (Å²) in [5.41, 5.74) is 0.0961. The van der Waals surface area contributed by atoms with Crippen LogP contribution in [0.1, 0.15) is 23.5 Å². The predicted molar refractivity (Wildman–Crippen MR) is 132 cm³/mol. The van der Waals surface area contributed by atoms with Gasteiger partial charge in [-0.05, 0) is 38.4 Å². The van der Waals surface area contributed by atoms with E-state index < -0.39 is 18.0 Å². The second kappa shape index (κ2) is 11.8. The van der Waals surface area contributed by atoms with E-state index in [9.17, 15) is 18.3 Å². The first-order chi connectivity index (χ1) is 17.2. The SMILES string of the molecule is Cc1nc2cc(OC[C@H](O)CN3CCN(CCCCOc4cc(C(F)(F)F)n(C)n4)CC3)ccc2s1. The van der Waals surface area contributed by atoms with Gasteiger partial charge in [0, 0.05) is 51.9 Å². The number of hydrogen-bond donors (Lipinski definition) is 1. The second-order valence-corrected chi connectivity index (χ2v) is 10.2. The van der Waals surface area contributed by atoms with Crippen molar-refractivity contribution < 1.29 is 27.8 Å². The fraction of sp³-hybridized carbons (Fsp3) is 0.583. The number of fused-ring (bicyclic) bond motifs is 1. The summed E-state index contributed by atoms with van der Waals surface area (Å²) in [7, 11) is 1.25. The highest BCUT2D eigenvalue weighted by Gasteiger charge is 2.35. The van der Waals surface area contributed by atoms with Crippen LogP contribution in [0.2, 0.25) is 0 Å². The Bertz CT molecular complexity index is 1130. The van der Waals surface area contributed by atoms with Crippen molar-refractivity contribution in [1.29, 1.82) is 0 Å². The van der Waals surface area contributed by atoms with Crippen LogP contribution >= 0.6 is 11.3 Å². The first kappa shape index (κ1) is 26.6. The number of rotatable bonds is 11. The quantitative estimate of drug-likeness (QED) is 0.382. The number of nitrogens with zero attached hydrogens (tertiary/aromatic N) is 5. The van der Waals surface area contributed by atoms with Crippen LogP contribution in [0, 0.1) is 6.92 Å². The van der Waals surface area contributed by atoms with Crippen molar-refractivity contribution in [2.24, 2.45) is 7.05 Å². The van der Waals surface area contributed by atoms with Crippen molar-refractivity contribution in [2.75, 3.05) is 52.5 Å². The molecule has 2 aromatic heterocycles. The minimum Gasteiger partial charge on any atom is -0.491 e. The van der Waals surface area contributed by atoms with E-state index in [0.29, 0.717) is 18.9 Å². The van der Waals surface area contributed by atoms with Gasteiger partial charge in [0.15, 0.2) is 0 Å². The first-order valence-corrected chi connectivity index (χ1v) is 12.9. The zero-order valence-corrected chi connectivity index (χ0v) is 21.3. The third-order valence-electron chi connectivity index (χ3n) is 6.11. The number of unbranched alkanes of at least 4 members (excludes halogenated alkanes) is 1. The molecule has 36 heavy (non-hydrogen) atoms. The highest BCUT2D eigenvalue weighted by atomic mass is 32.1. The molecule has 1 aliphatic rings. The number of aromatic nitrogens is 3. The third kappa shape index (κ3) is 7.31. The van der Waals surface area contributed by atoms with Gasteiger partial charge in [-0.3, -0.25) is 9.58 Å². The molecule has 1 atom stereocenters. The van der Waals surface area contributed by atoms with E-state index in [1.54, 1.807) is 11.3 Å². The highest BCUT2D eigenvalue weighted by molar-refractivity contribution is 7.18. The zero-order valence-electron chi connectivity index (χ0n) is 20.5. The Morgan fingerprint density at radius 1 is 1.08 bits per heavy atom. The van der Waals surface area contributed by atoms with Crippen molar-refractivity contribution >= 4 is 21.6 Å². The molecule has 3 heterocycles. The maximum atomic E-state index is 12.8. The molecule has 0 spiro atoms. The van der Waals surface area contributed by atoms with Crippen LogP contribution < -0.4 is 9.47 Å². The molecule has 0 bridgehead atoms. The lowest BCUT2D eigenvalue weighted by Gasteiger charge is -2.35. The summed E-state index contributed by atoms with van der Waals surface area (Å²) in [4.78, 5) is 9.06. The Hall–Kier alpha value is -2.41. The lowest BCUT2D eigenvalue weighted by Crippen LogP contribution is -2.49. The highest BCUT2D eigenvalue weighted by Crippen LogP contribution is 2.31. The molecule has 4 rings (SSSR count). The number of benzene rings is 1. The fourth-order valence-electron chi connectivity index (χ4n) is 4.24. The van der Waals surface area contributed by atoms with Crippen molar-refractivity contribution in [3.05, 3.63) is 35.0 Å². The van der Waals surface area contributed by atoms with Gasteiger partial charge in [0.25, 0.3) is 0 Å². The summed E-state index contributed by atoms with van der Waals surface area (Å²) in [5, 5.41) is 15.2. The van der Waals surface area contributed by atoms with Crippen LogP contribution in [0.4, 0.5) is 13.2 Å². The van der Waals surface area contributed by atoms with Crippen molar-refractivity contribution in [3.63, 3.8) is 0 Å². The summed E-state index contributed by atoms with van der Waals surface area (Å²) in [6.07, 6.45) is -3.39. The number of piperazine rings is 1. The third-order valence-corrected chi connectivity index (χ3v) is 7.06. The van der Waals surface area contributed by atoms with Crippen molar-refractivity contribution in [3.8, 4) is 11.6 Å². The van der Waals surface area contributed by atoms with E-state index >= 15 is 0 Å². The van der Waals surface area contributed by atoms with E-state index in [-0.39, 0.29) is 12.5 Å². The smallest absolute Gasteiger partial charge is 0.433 e. The molecule has 1 aromatic carbocycles. The molecule has 0 radical (unpaired) electrons. The molecule has 0 aliphatic carbocycles. The van der Waals surface area contributed by atoms with Crippen LogP contribution in [0.5, 0.6) is 11.6 Å². The second-order valence-electron chi connectivity index (χ2n) is 9.01. The van der Waals surface area contributed by atoms with Gasteiger partial charge in [-0.25, -0.2) is 4.98 Å². The van der Waals surface area contributed by atoms with Crippen molar-refractivity contribution in [2.45, 2.75) is 32.0 Å². The largest absolute Gasteiger partial charge is 0.491 e. The number of aryl methyl sites for hydroxylation is 2. The first-order valence-electron chi connectivity index (χ1n) is 12.0. The Balaban J connectivity index is 1.08. The number of aliphatic hydroxyl groups is 1. The fourth-order valence-corrected chi connectivity index (χ4v) is 5.05. The lowest BCUT2D eigenvalue weighted by atomic mass is 10.2. The van der Waals surface area contributed by atoms with Crippen LogP contribution in [-0.4, -0.2) is 88.3 Å². The number of aliphatic hydroxyl groups excluding tert-OH is 1. The standard InChI is InChI=1S/C24H32F3N5O3S/c1-17-28-20-13-19(5-6-21(20)36-17)35-16-18(33)15-32-10-8-31(9-11-32)7-3-4-12-34-23-14-22(24(25,26)27)30(2)29-23/h5-6,13-14,18,33H,3-4,7-12,15-16H2,1-2H3/t18-/m1/s1. The maximum absolute atomic E-state index is 12.8. The molecule has 0 saturated carbocycles.